The van der Waals surface area contributed by atoms with Crippen molar-refractivity contribution >= 4 is 21.8 Å². The highest BCUT2D eigenvalue weighted by atomic mass is 15.1. The Kier molecular flexibility index (Phi) is 7.06. The summed E-state index contributed by atoms with van der Waals surface area (Å²) in [5.41, 5.74) is 9.06. The molecule has 3 aromatic heterocycles. The SMILES string of the molecule is c1ccc(-c2ccc(-c3nc(-c4ccccc4)nc(-c4ccc(-c5ccccc5)c(-n5c6ccccc6c6ccccc65)n4)n3)cc2)cc1. The van der Waals surface area contributed by atoms with Gasteiger partial charge in [0.1, 0.15) is 11.5 Å². The van der Waals surface area contributed by atoms with Crippen LogP contribution in [0.25, 0.3) is 84.2 Å². The van der Waals surface area contributed by atoms with Crippen LogP contribution in [-0.2, 0) is 0 Å². The lowest BCUT2D eigenvalue weighted by Gasteiger charge is -2.15. The van der Waals surface area contributed by atoms with E-state index in [1.807, 2.05) is 48.5 Å². The second-order valence-corrected chi connectivity index (χ2v) is 11.9. The fourth-order valence-corrected chi connectivity index (χ4v) is 6.52. The molecule has 0 aliphatic rings. The van der Waals surface area contributed by atoms with Crippen molar-refractivity contribution in [1.29, 1.82) is 0 Å². The van der Waals surface area contributed by atoms with Crippen molar-refractivity contribution in [3.8, 4) is 62.4 Å². The van der Waals surface area contributed by atoms with Gasteiger partial charge in [0, 0.05) is 27.5 Å². The van der Waals surface area contributed by atoms with Gasteiger partial charge in [-0.05, 0) is 41.0 Å². The molecule has 9 rings (SSSR count). The normalized spacial score (nSPS) is 11.3. The zero-order chi connectivity index (χ0) is 32.6. The molecule has 6 aromatic carbocycles. The Morgan fingerprint density at radius 2 is 0.735 bits per heavy atom. The summed E-state index contributed by atoms with van der Waals surface area (Å²) >= 11 is 0. The first-order valence-electron chi connectivity index (χ1n) is 16.3. The van der Waals surface area contributed by atoms with Gasteiger partial charge >= 0.3 is 0 Å². The molecule has 0 fully saturated rings. The van der Waals surface area contributed by atoms with Crippen LogP contribution in [0.15, 0.2) is 176 Å². The molecule has 0 saturated carbocycles. The van der Waals surface area contributed by atoms with E-state index in [2.05, 4.69) is 132 Å². The molecule has 0 saturated heterocycles. The molecule has 0 atom stereocenters. The number of aromatic nitrogens is 5. The van der Waals surface area contributed by atoms with Crippen LogP contribution >= 0.6 is 0 Å². The monoisotopic (exact) mass is 627 g/mol. The van der Waals surface area contributed by atoms with E-state index in [0.717, 1.165) is 50.2 Å². The Hall–Kier alpha value is -6.72. The molecule has 5 heteroatoms. The van der Waals surface area contributed by atoms with E-state index in [-0.39, 0.29) is 0 Å². The molecule has 3 heterocycles. The number of fused-ring (bicyclic) bond motifs is 3. The first-order valence-corrected chi connectivity index (χ1v) is 16.3. The highest BCUT2D eigenvalue weighted by molar-refractivity contribution is 6.09. The van der Waals surface area contributed by atoms with E-state index in [9.17, 15) is 0 Å². The molecule has 0 radical (unpaired) electrons. The van der Waals surface area contributed by atoms with Gasteiger partial charge in [-0.2, -0.15) is 0 Å². The highest BCUT2D eigenvalue weighted by Gasteiger charge is 2.20. The molecule has 0 unspecified atom stereocenters. The maximum Gasteiger partial charge on any atom is 0.182 e. The van der Waals surface area contributed by atoms with Gasteiger partial charge in [0.05, 0.1) is 11.0 Å². The van der Waals surface area contributed by atoms with Crippen molar-refractivity contribution < 1.29 is 0 Å². The van der Waals surface area contributed by atoms with Crippen molar-refractivity contribution in [1.82, 2.24) is 24.5 Å². The van der Waals surface area contributed by atoms with Crippen LogP contribution in [0.1, 0.15) is 0 Å². The van der Waals surface area contributed by atoms with E-state index in [1.165, 1.54) is 10.8 Å². The number of pyridine rings is 1. The molecule has 230 valence electrons. The molecule has 0 amide bonds. The zero-order valence-corrected chi connectivity index (χ0v) is 26.5. The second-order valence-electron chi connectivity index (χ2n) is 11.9. The standard InChI is InChI=1S/C44H29N5/c1-4-14-30(15-5-1)31-24-26-34(27-25-31)42-46-41(33-18-8-3-9-19-33)47-43(48-42)38-29-28-35(32-16-6-2-7-17-32)44(45-38)49-39-22-12-10-20-36(39)37-21-11-13-23-40(37)49/h1-29H. The molecule has 0 aliphatic carbocycles. The smallest absolute Gasteiger partial charge is 0.182 e. The van der Waals surface area contributed by atoms with Crippen molar-refractivity contribution in [3.05, 3.63) is 176 Å². The number of nitrogens with zero attached hydrogens (tertiary/aromatic N) is 5. The van der Waals surface area contributed by atoms with E-state index in [4.69, 9.17) is 19.9 Å². The Morgan fingerprint density at radius 3 is 1.33 bits per heavy atom. The summed E-state index contributed by atoms with van der Waals surface area (Å²) in [7, 11) is 0. The fourth-order valence-electron chi connectivity index (χ4n) is 6.52. The predicted molar refractivity (Wildman–Crippen MR) is 199 cm³/mol. The summed E-state index contributed by atoms with van der Waals surface area (Å²) in [4.78, 5) is 20.4. The lowest BCUT2D eigenvalue weighted by molar-refractivity contribution is 1.03. The Bertz CT molecular complexity index is 2520. The predicted octanol–water partition coefficient (Wildman–Crippen LogP) is 10.7. The lowest BCUT2D eigenvalue weighted by atomic mass is 10.0. The minimum atomic E-state index is 0.512. The highest BCUT2D eigenvalue weighted by Crippen LogP contribution is 2.36. The molecule has 0 N–H and O–H groups in total. The van der Waals surface area contributed by atoms with Gasteiger partial charge in [-0.15, -0.1) is 0 Å². The number of hydrogen-bond donors (Lipinski definition) is 0. The molecular weight excluding hydrogens is 599 g/mol. The summed E-state index contributed by atoms with van der Waals surface area (Å²) in [5.74, 6) is 2.52. The van der Waals surface area contributed by atoms with Gasteiger partial charge in [0.15, 0.2) is 17.5 Å². The van der Waals surface area contributed by atoms with Crippen LogP contribution < -0.4 is 0 Å². The Labute approximate surface area is 283 Å². The van der Waals surface area contributed by atoms with Crippen LogP contribution in [0.4, 0.5) is 0 Å². The van der Waals surface area contributed by atoms with Crippen LogP contribution in [0.5, 0.6) is 0 Å². The van der Waals surface area contributed by atoms with Crippen LogP contribution in [0, 0.1) is 0 Å². The largest absolute Gasteiger partial charge is 0.293 e. The molecule has 49 heavy (non-hydrogen) atoms. The van der Waals surface area contributed by atoms with Gasteiger partial charge in [0.25, 0.3) is 0 Å². The molecule has 5 nitrogen and oxygen atoms in total. The first-order chi connectivity index (χ1) is 24.3. The third kappa shape index (κ3) is 5.24. The van der Waals surface area contributed by atoms with Crippen molar-refractivity contribution in [2.75, 3.05) is 0 Å². The maximum absolute atomic E-state index is 5.40. The van der Waals surface area contributed by atoms with Crippen molar-refractivity contribution in [2.24, 2.45) is 0 Å². The van der Waals surface area contributed by atoms with Gasteiger partial charge in [-0.1, -0.05) is 152 Å². The zero-order valence-electron chi connectivity index (χ0n) is 26.5. The fraction of sp³-hybridized carbons (Fsp3) is 0. The topological polar surface area (TPSA) is 56.5 Å². The third-order valence-electron chi connectivity index (χ3n) is 8.90. The number of para-hydroxylation sites is 2. The first kappa shape index (κ1) is 28.5. The summed E-state index contributed by atoms with van der Waals surface area (Å²) in [6.45, 7) is 0. The van der Waals surface area contributed by atoms with Gasteiger partial charge < -0.3 is 0 Å². The van der Waals surface area contributed by atoms with Crippen molar-refractivity contribution in [2.45, 2.75) is 0 Å². The average molecular weight is 628 g/mol. The average Bonchev–Trinajstić information content (AvgIpc) is 3.53. The van der Waals surface area contributed by atoms with E-state index in [0.29, 0.717) is 23.2 Å². The molecule has 9 aromatic rings. The minimum Gasteiger partial charge on any atom is -0.293 e. The van der Waals surface area contributed by atoms with E-state index < -0.39 is 0 Å². The number of hydrogen-bond acceptors (Lipinski definition) is 4. The molecule has 0 aliphatic heterocycles. The van der Waals surface area contributed by atoms with Crippen molar-refractivity contribution in [3.63, 3.8) is 0 Å². The summed E-state index contributed by atoms with van der Waals surface area (Å²) in [6.07, 6.45) is 0. The third-order valence-corrected chi connectivity index (χ3v) is 8.90. The van der Waals surface area contributed by atoms with E-state index >= 15 is 0 Å². The second kappa shape index (κ2) is 12.1. The van der Waals surface area contributed by atoms with Gasteiger partial charge in [0.2, 0.25) is 0 Å². The van der Waals surface area contributed by atoms with Crippen LogP contribution in [0.2, 0.25) is 0 Å². The molecule has 0 spiro atoms. The lowest BCUT2D eigenvalue weighted by Crippen LogP contribution is -2.05. The van der Waals surface area contributed by atoms with Gasteiger partial charge in [-0.3, -0.25) is 4.57 Å². The summed E-state index contributed by atoms with van der Waals surface area (Å²) in [5, 5.41) is 2.36. The number of rotatable bonds is 6. The van der Waals surface area contributed by atoms with Crippen LogP contribution in [0.3, 0.4) is 0 Å². The quantitative estimate of drug-likeness (QED) is 0.184. The molecule has 0 bridgehead atoms. The maximum atomic E-state index is 5.40. The summed E-state index contributed by atoms with van der Waals surface area (Å²) in [6, 6.07) is 60.4. The molecular formula is C44H29N5. The minimum absolute atomic E-state index is 0.512. The van der Waals surface area contributed by atoms with Crippen LogP contribution in [-0.4, -0.2) is 24.5 Å². The van der Waals surface area contributed by atoms with E-state index in [1.54, 1.807) is 0 Å². The Balaban J connectivity index is 1.26. The summed E-state index contributed by atoms with van der Waals surface area (Å²) < 4.78 is 2.26. The Morgan fingerprint density at radius 1 is 0.306 bits per heavy atom. The number of benzene rings is 6. The van der Waals surface area contributed by atoms with Gasteiger partial charge in [-0.25, -0.2) is 19.9 Å².